The second-order valence-corrected chi connectivity index (χ2v) is 4.63. The van der Waals surface area contributed by atoms with Crippen LogP contribution in [0.25, 0.3) is 5.65 Å². The normalized spacial score (nSPS) is 14.4. The summed E-state index contributed by atoms with van der Waals surface area (Å²) >= 11 is 0. The van der Waals surface area contributed by atoms with Gasteiger partial charge in [0.1, 0.15) is 5.56 Å². The Labute approximate surface area is 109 Å². The van der Waals surface area contributed by atoms with Crippen LogP contribution in [-0.2, 0) is 17.6 Å². The van der Waals surface area contributed by atoms with Gasteiger partial charge < -0.3 is 9.72 Å². The van der Waals surface area contributed by atoms with E-state index in [1.807, 2.05) is 0 Å². The molecule has 2 aromatic heterocycles. The molecule has 0 fully saturated rings. The zero-order chi connectivity index (χ0) is 13.4. The summed E-state index contributed by atoms with van der Waals surface area (Å²) in [6, 6.07) is 0. The first-order chi connectivity index (χ1) is 9.22. The number of aromatic amines is 1. The average Bonchev–Trinajstić information content (AvgIpc) is 2.83. The van der Waals surface area contributed by atoms with E-state index in [4.69, 9.17) is 4.74 Å². The van der Waals surface area contributed by atoms with E-state index in [-0.39, 0.29) is 5.56 Å². The first-order valence-electron chi connectivity index (χ1n) is 6.51. The van der Waals surface area contributed by atoms with Gasteiger partial charge in [0.2, 0.25) is 0 Å². The molecule has 0 saturated heterocycles. The standard InChI is InChI=1S/C13H15N3O3/c1-2-19-13(18)9-7-14-16-10-6-4-3-5-8(10)12(17)15-11(9)16/h7H,2-6H2,1H3,(H,15,17). The van der Waals surface area contributed by atoms with Crippen molar-refractivity contribution in [2.75, 3.05) is 6.61 Å². The summed E-state index contributed by atoms with van der Waals surface area (Å²) in [5.74, 6) is -0.455. The number of rotatable bonds is 2. The highest BCUT2D eigenvalue weighted by Gasteiger charge is 2.21. The summed E-state index contributed by atoms with van der Waals surface area (Å²) in [5, 5.41) is 4.22. The zero-order valence-corrected chi connectivity index (χ0v) is 10.7. The molecule has 3 rings (SSSR count). The van der Waals surface area contributed by atoms with E-state index in [9.17, 15) is 9.59 Å². The third kappa shape index (κ3) is 1.83. The highest BCUT2D eigenvalue weighted by molar-refractivity contribution is 5.95. The number of aromatic nitrogens is 3. The summed E-state index contributed by atoms with van der Waals surface area (Å²) in [6.45, 7) is 2.04. The Morgan fingerprint density at radius 3 is 3.05 bits per heavy atom. The van der Waals surface area contributed by atoms with Crippen molar-refractivity contribution in [3.8, 4) is 0 Å². The molecule has 0 aromatic carbocycles. The van der Waals surface area contributed by atoms with Crippen LogP contribution in [0.3, 0.4) is 0 Å². The first kappa shape index (κ1) is 12.0. The second kappa shape index (κ2) is 4.53. The topological polar surface area (TPSA) is 76.5 Å². The molecule has 1 aliphatic rings. The largest absolute Gasteiger partial charge is 0.462 e. The van der Waals surface area contributed by atoms with Gasteiger partial charge in [-0.25, -0.2) is 9.31 Å². The number of H-pyrrole nitrogens is 1. The minimum absolute atomic E-state index is 0.117. The molecule has 0 aliphatic heterocycles. The van der Waals surface area contributed by atoms with Crippen molar-refractivity contribution in [3.05, 3.63) is 33.4 Å². The van der Waals surface area contributed by atoms with Crippen molar-refractivity contribution in [1.82, 2.24) is 14.6 Å². The Morgan fingerprint density at radius 1 is 1.47 bits per heavy atom. The van der Waals surface area contributed by atoms with E-state index >= 15 is 0 Å². The predicted molar refractivity (Wildman–Crippen MR) is 68.4 cm³/mol. The van der Waals surface area contributed by atoms with E-state index in [1.54, 1.807) is 11.4 Å². The maximum absolute atomic E-state index is 12.1. The third-order valence-electron chi connectivity index (χ3n) is 3.46. The maximum atomic E-state index is 12.1. The monoisotopic (exact) mass is 261 g/mol. The summed E-state index contributed by atoms with van der Waals surface area (Å²) in [7, 11) is 0. The van der Waals surface area contributed by atoms with Crippen molar-refractivity contribution < 1.29 is 9.53 Å². The van der Waals surface area contributed by atoms with Crippen LogP contribution < -0.4 is 5.56 Å². The van der Waals surface area contributed by atoms with Crippen molar-refractivity contribution in [2.45, 2.75) is 32.6 Å². The third-order valence-corrected chi connectivity index (χ3v) is 3.46. The van der Waals surface area contributed by atoms with Gasteiger partial charge in [0.05, 0.1) is 18.5 Å². The number of esters is 1. The van der Waals surface area contributed by atoms with Crippen LogP contribution in [0.1, 0.15) is 41.4 Å². The fraction of sp³-hybridized carbons (Fsp3) is 0.462. The minimum Gasteiger partial charge on any atom is -0.462 e. The Hall–Kier alpha value is -2.11. The van der Waals surface area contributed by atoms with Gasteiger partial charge in [-0.15, -0.1) is 0 Å². The van der Waals surface area contributed by atoms with Gasteiger partial charge in [-0.3, -0.25) is 4.79 Å². The maximum Gasteiger partial charge on any atom is 0.343 e. The van der Waals surface area contributed by atoms with E-state index in [0.717, 1.165) is 36.9 Å². The molecule has 0 atom stereocenters. The number of carbonyl (C=O) groups is 1. The van der Waals surface area contributed by atoms with E-state index in [0.29, 0.717) is 17.8 Å². The Balaban J connectivity index is 2.22. The van der Waals surface area contributed by atoms with Crippen LogP contribution >= 0.6 is 0 Å². The van der Waals surface area contributed by atoms with Gasteiger partial charge in [-0.2, -0.15) is 5.10 Å². The van der Waals surface area contributed by atoms with Gasteiger partial charge in [0.25, 0.3) is 5.56 Å². The van der Waals surface area contributed by atoms with Crippen molar-refractivity contribution in [3.63, 3.8) is 0 Å². The van der Waals surface area contributed by atoms with E-state index in [2.05, 4.69) is 10.1 Å². The first-order valence-corrected chi connectivity index (χ1v) is 6.51. The molecular weight excluding hydrogens is 246 g/mol. The number of ether oxygens (including phenoxy) is 1. The van der Waals surface area contributed by atoms with Crippen LogP contribution in [-0.4, -0.2) is 27.2 Å². The highest BCUT2D eigenvalue weighted by Crippen LogP contribution is 2.20. The number of fused-ring (bicyclic) bond motifs is 3. The molecule has 2 aromatic rings. The molecule has 0 bridgehead atoms. The van der Waals surface area contributed by atoms with Crippen LogP contribution in [0, 0.1) is 0 Å². The number of nitrogens with zero attached hydrogens (tertiary/aromatic N) is 2. The molecule has 19 heavy (non-hydrogen) atoms. The van der Waals surface area contributed by atoms with Crippen LogP contribution in [0.2, 0.25) is 0 Å². The van der Waals surface area contributed by atoms with Crippen LogP contribution in [0.4, 0.5) is 0 Å². The molecule has 1 aliphatic carbocycles. The SMILES string of the molecule is CCOC(=O)c1cnn2c3c(c(=O)[nH]c12)CCCC3. The predicted octanol–water partition coefficient (Wildman–Crippen LogP) is 1.08. The molecule has 0 spiro atoms. The van der Waals surface area contributed by atoms with Gasteiger partial charge in [-0.1, -0.05) is 0 Å². The van der Waals surface area contributed by atoms with Gasteiger partial charge in [0, 0.05) is 5.56 Å². The molecule has 0 radical (unpaired) electrons. The lowest BCUT2D eigenvalue weighted by molar-refractivity contribution is 0.0528. The lowest BCUT2D eigenvalue weighted by Crippen LogP contribution is -2.23. The lowest BCUT2D eigenvalue weighted by Gasteiger charge is -2.15. The zero-order valence-electron chi connectivity index (χ0n) is 10.7. The smallest absolute Gasteiger partial charge is 0.343 e. The summed E-state index contributed by atoms with van der Waals surface area (Å²) in [4.78, 5) is 26.6. The molecule has 6 heteroatoms. The van der Waals surface area contributed by atoms with Crippen molar-refractivity contribution in [1.29, 1.82) is 0 Å². The number of hydrogen-bond acceptors (Lipinski definition) is 4. The highest BCUT2D eigenvalue weighted by atomic mass is 16.5. The summed E-state index contributed by atoms with van der Waals surface area (Å²) < 4.78 is 6.63. The number of carbonyl (C=O) groups excluding carboxylic acids is 1. The van der Waals surface area contributed by atoms with Gasteiger partial charge in [0.15, 0.2) is 5.65 Å². The minimum atomic E-state index is -0.455. The Morgan fingerprint density at radius 2 is 2.26 bits per heavy atom. The van der Waals surface area contributed by atoms with Crippen molar-refractivity contribution in [2.24, 2.45) is 0 Å². The van der Waals surface area contributed by atoms with Gasteiger partial charge in [-0.05, 0) is 32.6 Å². The summed E-state index contributed by atoms with van der Waals surface area (Å²) in [5.41, 5.74) is 2.34. The second-order valence-electron chi connectivity index (χ2n) is 4.63. The quantitative estimate of drug-likeness (QED) is 0.821. The Bertz CT molecular complexity index is 699. The molecular formula is C13H15N3O3. The van der Waals surface area contributed by atoms with Gasteiger partial charge >= 0.3 is 5.97 Å². The molecule has 0 saturated carbocycles. The van der Waals surface area contributed by atoms with E-state index in [1.165, 1.54) is 6.20 Å². The molecule has 0 unspecified atom stereocenters. The molecule has 1 N–H and O–H groups in total. The van der Waals surface area contributed by atoms with Crippen LogP contribution in [0.5, 0.6) is 0 Å². The number of aryl methyl sites for hydroxylation is 1. The number of nitrogens with one attached hydrogen (secondary N) is 1. The fourth-order valence-electron chi connectivity index (χ4n) is 2.58. The van der Waals surface area contributed by atoms with Crippen LogP contribution in [0.15, 0.2) is 11.0 Å². The number of hydrogen-bond donors (Lipinski definition) is 1. The summed E-state index contributed by atoms with van der Waals surface area (Å²) in [6.07, 6.45) is 5.11. The molecule has 2 heterocycles. The van der Waals surface area contributed by atoms with E-state index < -0.39 is 5.97 Å². The molecule has 100 valence electrons. The fourth-order valence-corrected chi connectivity index (χ4v) is 2.58. The molecule has 6 nitrogen and oxygen atoms in total. The Kier molecular flexibility index (Phi) is 2.85. The lowest BCUT2D eigenvalue weighted by atomic mass is 9.97. The molecule has 0 amide bonds. The van der Waals surface area contributed by atoms with Crippen molar-refractivity contribution >= 4 is 11.6 Å². The average molecular weight is 261 g/mol.